The Morgan fingerprint density at radius 1 is 0.957 bits per heavy atom. The molecule has 0 saturated carbocycles. The Labute approximate surface area is 151 Å². The summed E-state index contributed by atoms with van der Waals surface area (Å²) in [5, 5.41) is 11.7. The minimum atomic E-state index is -0.520. The summed E-state index contributed by atoms with van der Waals surface area (Å²) < 4.78 is 0. The van der Waals surface area contributed by atoms with Crippen LogP contribution in [0.25, 0.3) is 0 Å². The smallest absolute Gasteiger partial charge is 0.0920 e. The zero-order valence-electron chi connectivity index (χ0n) is 14.7. The number of hydrogen-bond acceptors (Lipinski definition) is 2. The normalized spacial score (nSPS) is 12.8. The van der Waals surface area contributed by atoms with Crippen molar-refractivity contribution in [3.8, 4) is 0 Å². The van der Waals surface area contributed by atoms with Gasteiger partial charge in [-0.15, -0.1) is 0 Å². The monoisotopic (exact) mass is 359 g/mol. The number of aliphatic hydroxyl groups excluding tert-OH is 1. The molecule has 0 aliphatic rings. The molecule has 1 atom stereocenters. The zero-order chi connectivity index (χ0) is 17.2. The molecule has 4 heteroatoms. The van der Waals surface area contributed by atoms with E-state index in [0.717, 1.165) is 24.2 Å². The molecule has 0 aliphatic heterocycles. The van der Waals surface area contributed by atoms with Crippen molar-refractivity contribution in [3.63, 3.8) is 0 Å². The van der Waals surface area contributed by atoms with Gasteiger partial charge in [-0.25, -0.2) is 0 Å². The lowest BCUT2D eigenvalue weighted by Gasteiger charge is -2.26. The van der Waals surface area contributed by atoms with Crippen molar-refractivity contribution in [1.82, 2.24) is 4.90 Å². The fraction of sp³-hybridized carbons (Fsp3) is 0.684. The standard InChI is InChI=1S/C19H31Cl2NO/c1-4-6-8-10-22(11-9-7-5-2)14-19(23)16-13-18(21)17(20)12-15(16)3/h12-13,19,23H,4-11,14H2,1-3H3/t19-/m0/s1. The number of benzene rings is 1. The van der Waals surface area contributed by atoms with Crippen LogP contribution in [0.4, 0.5) is 0 Å². The van der Waals surface area contributed by atoms with Crippen LogP contribution in [0.1, 0.15) is 69.6 Å². The van der Waals surface area contributed by atoms with E-state index in [9.17, 15) is 5.11 Å². The molecule has 0 saturated heterocycles. The summed E-state index contributed by atoms with van der Waals surface area (Å²) in [6.45, 7) is 9.17. The highest BCUT2D eigenvalue weighted by Crippen LogP contribution is 2.29. The molecular weight excluding hydrogens is 329 g/mol. The van der Waals surface area contributed by atoms with Gasteiger partial charge in [-0.2, -0.15) is 0 Å². The molecule has 0 bridgehead atoms. The second-order valence-corrected chi connectivity index (χ2v) is 7.17. The van der Waals surface area contributed by atoms with E-state index >= 15 is 0 Å². The van der Waals surface area contributed by atoms with E-state index in [1.165, 1.54) is 38.5 Å². The molecule has 132 valence electrons. The van der Waals surface area contributed by atoms with Gasteiger partial charge in [-0.1, -0.05) is 62.7 Å². The number of halogens is 2. The topological polar surface area (TPSA) is 23.5 Å². The predicted molar refractivity (Wildman–Crippen MR) is 102 cm³/mol. The third-order valence-electron chi connectivity index (χ3n) is 4.25. The summed E-state index contributed by atoms with van der Waals surface area (Å²) in [5.41, 5.74) is 1.88. The van der Waals surface area contributed by atoms with Gasteiger partial charge in [0.2, 0.25) is 0 Å². The molecule has 0 spiro atoms. The SMILES string of the molecule is CCCCCN(CCCCC)C[C@H](O)c1cc(Cl)c(Cl)cc1C. The Balaban J connectivity index is 2.70. The summed E-state index contributed by atoms with van der Waals surface area (Å²) in [5.74, 6) is 0. The highest BCUT2D eigenvalue weighted by atomic mass is 35.5. The number of aliphatic hydroxyl groups is 1. The molecule has 1 aromatic rings. The number of rotatable bonds is 11. The Morgan fingerprint density at radius 2 is 1.48 bits per heavy atom. The van der Waals surface area contributed by atoms with Crippen molar-refractivity contribution >= 4 is 23.2 Å². The predicted octanol–water partition coefficient (Wildman–Crippen LogP) is 6.02. The van der Waals surface area contributed by atoms with Gasteiger partial charge in [-0.3, -0.25) is 0 Å². The molecule has 0 radical (unpaired) electrons. The average Bonchev–Trinajstić information content (AvgIpc) is 2.51. The molecule has 0 unspecified atom stereocenters. The van der Waals surface area contributed by atoms with E-state index < -0.39 is 6.10 Å². The minimum absolute atomic E-state index is 0.509. The maximum atomic E-state index is 10.7. The first-order chi connectivity index (χ1) is 11.0. The number of aryl methyl sites for hydroxylation is 1. The van der Waals surface area contributed by atoms with E-state index in [1.807, 2.05) is 13.0 Å². The summed E-state index contributed by atoms with van der Waals surface area (Å²) in [4.78, 5) is 2.39. The first-order valence-corrected chi connectivity index (χ1v) is 9.61. The zero-order valence-corrected chi connectivity index (χ0v) is 16.3. The number of nitrogens with zero attached hydrogens (tertiary/aromatic N) is 1. The Kier molecular flexibility index (Phi) is 10.2. The Bertz CT molecular complexity index is 455. The molecule has 2 nitrogen and oxygen atoms in total. The van der Waals surface area contributed by atoms with Crippen LogP contribution in [0.5, 0.6) is 0 Å². The van der Waals surface area contributed by atoms with Crippen LogP contribution in [0.15, 0.2) is 12.1 Å². The summed E-state index contributed by atoms with van der Waals surface area (Å²) in [6, 6.07) is 3.64. The molecule has 0 amide bonds. The third-order valence-corrected chi connectivity index (χ3v) is 4.98. The summed E-state index contributed by atoms with van der Waals surface area (Å²) in [6.07, 6.45) is 6.78. The van der Waals surface area contributed by atoms with Crippen LogP contribution >= 0.6 is 23.2 Å². The van der Waals surface area contributed by atoms with Crippen LogP contribution in [-0.2, 0) is 0 Å². The van der Waals surface area contributed by atoms with Crippen LogP contribution in [-0.4, -0.2) is 29.6 Å². The van der Waals surface area contributed by atoms with Gasteiger partial charge in [0, 0.05) is 6.54 Å². The molecule has 1 aromatic carbocycles. The summed E-state index contributed by atoms with van der Waals surface area (Å²) in [7, 11) is 0. The van der Waals surface area contributed by atoms with Crippen molar-refractivity contribution < 1.29 is 5.11 Å². The molecule has 1 N–H and O–H groups in total. The van der Waals surface area contributed by atoms with Crippen LogP contribution < -0.4 is 0 Å². The molecule has 0 aromatic heterocycles. The van der Waals surface area contributed by atoms with Gasteiger partial charge < -0.3 is 10.0 Å². The summed E-state index contributed by atoms with van der Waals surface area (Å²) >= 11 is 12.2. The van der Waals surface area contributed by atoms with E-state index in [-0.39, 0.29) is 0 Å². The lowest BCUT2D eigenvalue weighted by molar-refractivity contribution is 0.110. The molecule has 1 rings (SSSR count). The maximum absolute atomic E-state index is 10.7. The van der Waals surface area contributed by atoms with Crippen molar-refractivity contribution in [2.75, 3.05) is 19.6 Å². The second kappa shape index (κ2) is 11.3. The number of hydrogen-bond donors (Lipinski definition) is 1. The molecule has 0 heterocycles. The van der Waals surface area contributed by atoms with Gasteiger partial charge in [0.25, 0.3) is 0 Å². The van der Waals surface area contributed by atoms with Crippen molar-refractivity contribution in [2.45, 2.75) is 65.4 Å². The van der Waals surface area contributed by atoms with Gasteiger partial charge in [0.15, 0.2) is 0 Å². The van der Waals surface area contributed by atoms with E-state index in [0.29, 0.717) is 16.6 Å². The van der Waals surface area contributed by atoms with Crippen LogP contribution in [0, 0.1) is 6.92 Å². The van der Waals surface area contributed by atoms with Crippen LogP contribution in [0.2, 0.25) is 10.0 Å². The van der Waals surface area contributed by atoms with Gasteiger partial charge >= 0.3 is 0 Å². The Hall–Kier alpha value is -0.280. The van der Waals surface area contributed by atoms with Crippen molar-refractivity contribution in [2.24, 2.45) is 0 Å². The van der Waals surface area contributed by atoms with Crippen molar-refractivity contribution in [3.05, 3.63) is 33.3 Å². The van der Waals surface area contributed by atoms with Crippen LogP contribution in [0.3, 0.4) is 0 Å². The minimum Gasteiger partial charge on any atom is -0.387 e. The molecule has 23 heavy (non-hydrogen) atoms. The first-order valence-electron chi connectivity index (χ1n) is 8.85. The van der Waals surface area contributed by atoms with E-state index in [1.54, 1.807) is 6.07 Å². The molecule has 0 fully saturated rings. The van der Waals surface area contributed by atoms with Gasteiger partial charge in [0.05, 0.1) is 16.1 Å². The van der Waals surface area contributed by atoms with E-state index in [2.05, 4.69) is 18.7 Å². The largest absolute Gasteiger partial charge is 0.387 e. The fourth-order valence-corrected chi connectivity index (χ4v) is 3.22. The van der Waals surface area contributed by atoms with Crippen molar-refractivity contribution in [1.29, 1.82) is 0 Å². The van der Waals surface area contributed by atoms with Gasteiger partial charge in [-0.05, 0) is 56.1 Å². The fourth-order valence-electron chi connectivity index (χ4n) is 2.83. The highest BCUT2D eigenvalue weighted by molar-refractivity contribution is 6.42. The quantitative estimate of drug-likeness (QED) is 0.488. The lowest BCUT2D eigenvalue weighted by Crippen LogP contribution is -2.31. The molecule has 0 aliphatic carbocycles. The number of unbranched alkanes of at least 4 members (excludes halogenated alkanes) is 4. The average molecular weight is 360 g/mol. The highest BCUT2D eigenvalue weighted by Gasteiger charge is 2.16. The third kappa shape index (κ3) is 7.43. The second-order valence-electron chi connectivity index (χ2n) is 6.35. The van der Waals surface area contributed by atoms with Gasteiger partial charge in [0.1, 0.15) is 0 Å². The maximum Gasteiger partial charge on any atom is 0.0920 e. The lowest BCUT2D eigenvalue weighted by atomic mass is 10.0. The first kappa shape index (κ1) is 20.8. The Morgan fingerprint density at radius 3 is 2.00 bits per heavy atom. The van der Waals surface area contributed by atoms with E-state index in [4.69, 9.17) is 23.2 Å². The molecular formula is C19H31Cl2NO.